The molecule has 1 atom stereocenters. The highest BCUT2D eigenvalue weighted by molar-refractivity contribution is 7.89. The highest BCUT2D eigenvalue weighted by Gasteiger charge is 2.18. The van der Waals surface area contributed by atoms with Crippen molar-refractivity contribution in [1.29, 1.82) is 0 Å². The van der Waals surface area contributed by atoms with Crippen molar-refractivity contribution in [3.8, 4) is 0 Å². The summed E-state index contributed by atoms with van der Waals surface area (Å²) in [6.07, 6.45) is 3.23. The third-order valence-corrected chi connectivity index (χ3v) is 4.55. The summed E-state index contributed by atoms with van der Waals surface area (Å²) in [6.45, 7) is 5.52. The fraction of sp³-hybridized carbons (Fsp3) is 0.643. The zero-order valence-electron chi connectivity index (χ0n) is 13.3. The number of anilines is 1. The average molecular weight is 314 g/mol. The number of hydrogen-bond acceptors (Lipinski definition) is 5. The Bertz CT molecular complexity index is 532. The minimum Gasteiger partial charge on any atom is -0.370 e. The molecule has 0 aliphatic carbocycles. The van der Waals surface area contributed by atoms with Crippen LogP contribution < -0.4 is 10.0 Å². The van der Waals surface area contributed by atoms with Gasteiger partial charge in [0.2, 0.25) is 10.0 Å². The molecule has 0 bridgehead atoms. The van der Waals surface area contributed by atoms with E-state index in [1.165, 1.54) is 12.3 Å². The first kappa shape index (κ1) is 17.9. The van der Waals surface area contributed by atoms with E-state index in [1.54, 1.807) is 6.07 Å². The molecule has 1 rings (SSSR count). The first-order chi connectivity index (χ1) is 9.85. The van der Waals surface area contributed by atoms with Gasteiger partial charge in [0.15, 0.2) is 0 Å². The van der Waals surface area contributed by atoms with Crippen molar-refractivity contribution >= 4 is 15.8 Å². The summed E-state index contributed by atoms with van der Waals surface area (Å²) in [5.74, 6) is 0.584. The van der Waals surface area contributed by atoms with Gasteiger partial charge in [-0.2, -0.15) is 0 Å². The van der Waals surface area contributed by atoms with Crippen molar-refractivity contribution in [1.82, 2.24) is 14.6 Å². The number of hydrogen-bond donors (Lipinski definition) is 2. The van der Waals surface area contributed by atoms with Gasteiger partial charge in [-0.1, -0.05) is 6.92 Å². The van der Waals surface area contributed by atoms with Crippen molar-refractivity contribution in [2.75, 3.05) is 32.5 Å². The highest BCUT2D eigenvalue weighted by Crippen LogP contribution is 2.13. The van der Waals surface area contributed by atoms with Gasteiger partial charge in [0, 0.05) is 24.8 Å². The van der Waals surface area contributed by atoms with E-state index in [4.69, 9.17) is 0 Å². The zero-order chi connectivity index (χ0) is 15.9. The van der Waals surface area contributed by atoms with Crippen molar-refractivity contribution in [2.45, 2.75) is 37.6 Å². The lowest BCUT2D eigenvalue weighted by atomic mass is 10.2. The minimum atomic E-state index is -3.50. The molecule has 21 heavy (non-hydrogen) atoms. The molecule has 2 N–H and O–H groups in total. The van der Waals surface area contributed by atoms with Crippen LogP contribution in [0, 0.1) is 0 Å². The fourth-order valence-corrected chi connectivity index (χ4v) is 3.06. The van der Waals surface area contributed by atoms with Crippen LogP contribution in [0.4, 0.5) is 5.82 Å². The van der Waals surface area contributed by atoms with Crippen LogP contribution >= 0.6 is 0 Å². The molecule has 6 nitrogen and oxygen atoms in total. The first-order valence-electron chi connectivity index (χ1n) is 7.22. The Kier molecular flexibility index (Phi) is 7.07. The van der Waals surface area contributed by atoms with Gasteiger partial charge in [0.25, 0.3) is 0 Å². The molecule has 0 radical (unpaired) electrons. The Morgan fingerprint density at radius 1 is 1.38 bits per heavy atom. The van der Waals surface area contributed by atoms with Crippen molar-refractivity contribution in [3.05, 3.63) is 18.3 Å². The van der Waals surface area contributed by atoms with E-state index in [1.807, 2.05) is 32.8 Å². The van der Waals surface area contributed by atoms with Gasteiger partial charge in [-0.3, -0.25) is 0 Å². The van der Waals surface area contributed by atoms with Crippen LogP contribution in [0.3, 0.4) is 0 Å². The summed E-state index contributed by atoms with van der Waals surface area (Å²) in [5, 5.41) is 3.09. The summed E-state index contributed by atoms with van der Waals surface area (Å²) in [4.78, 5) is 6.39. The smallest absolute Gasteiger partial charge is 0.240 e. The Morgan fingerprint density at radius 3 is 2.71 bits per heavy atom. The number of rotatable bonds is 9. The number of aromatic nitrogens is 1. The summed E-state index contributed by atoms with van der Waals surface area (Å²) < 4.78 is 27.4. The van der Waals surface area contributed by atoms with Gasteiger partial charge < -0.3 is 10.2 Å². The zero-order valence-corrected chi connectivity index (χ0v) is 14.1. The molecule has 0 aromatic carbocycles. The van der Waals surface area contributed by atoms with Crippen LogP contribution in [-0.2, 0) is 10.0 Å². The number of nitrogens with one attached hydrogen (secondary N) is 2. The number of sulfonamides is 1. The van der Waals surface area contributed by atoms with Gasteiger partial charge in [-0.25, -0.2) is 18.1 Å². The van der Waals surface area contributed by atoms with Crippen LogP contribution in [0.2, 0.25) is 0 Å². The molecule has 0 saturated heterocycles. The van der Waals surface area contributed by atoms with E-state index in [2.05, 4.69) is 15.0 Å². The molecule has 0 aliphatic rings. The molecular formula is C14H26N4O2S. The minimum absolute atomic E-state index is 0.113. The second-order valence-electron chi connectivity index (χ2n) is 5.42. The third-order valence-electron chi connectivity index (χ3n) is 2.96. The van der Waals surface area contributed by atoms with Crippen molar-refractivity contribution in [3.63, 3.8) is 0 Å². The normalized spacial score (nSPS) is 13.4. The van der Waals surface area contributed by atoms with Gasteiger partial charge in [0.1, 0.15) is 5.82 Å². The van der Waals surface area contributed by atoms with Crippen LogP contribution in [0.25, 0.3) is 0 Å². The van der Waals surface area contributed by atoms with Gasteiger partial charge in [0.05, 0.1) is 4.90 Å². The molecule has 1 aromatic heterocycles. The topological polar surface area (TPSA) is 74.3 Å². The van der Waals surface area contributed by atoms with E-state index >= 15 is 0 Å². The van der Waals surface area contributed by atoms with Gasteiger partial charge in [-0.05, 0) is 46.5 Å². The second kappa shape index (κ2) is 8.31. The SMILES string of the molecule is CCCNc1cc(S(=O)(=O)NC(C)CCN(C)C)ccn1. The molecule has 1 heterocycles. The maximum absolute atomic E-state index is 12.3. The highest BCUT2D eigenvalue weighted by atomic mass is 32.2. The van der Waals surface area contributed by atoms with E-state index < -0.39 is 10.0 Å². The molecule has 0 saturated carbocycles. The Balaban J connectivity index is 2.73. The molecule has 7 heteroatoms. The standard InChI is InChI=1S/C14H26N4O2S/c1-5-8-15-14-11-13(6-9-16-14)21(19,20)17-12(2)7-10-18(3)4/h6,9,11-12,17H,5,7-8,10H2,1-4H3,(H,15,16). The Labute approximate surface area is 128 Å². The van der Waals surface area contributed by atoms with Gasteiger partial charge >= 0.3 is 0 Å². The van der Waals surface area contributed by atoms with Crippen LogP contribution in [0.5, 0.6) is 0 Å². The van der Waals surface area contributed by atoms with E-state index in [9.17, 15) is 8.42 Å². The molecule has 1 unspecified atom stereocenters. The Morgan fingerprint density at radius 2 is 2.10 bits per heavy atom. The molecule has 0 amide bonds. The predicted octanol–water partition coefficient (Wildman–Crippen LogP) is 1.52. The largest absolute Gasteiger partial charge is 0.370 e. The lowest BCUT2D eigenvalue weighted by Crippen LogP contribution is -2.34. The molecule has 0 aliphatic heterocycles. The molecule has 1 aromatic rings. The number of pyridine rings is 1. The molecule has 120 valence electrons. The Hall–Kier alpha value is -1.18. The van der Waals surface area contributed by atoms with Crippen molar-refractivity contribution < 1.29 is 8.42 Å². The predicted molar refractivity (Wildman–Crippen MR) is 86.0 cm³/mol. The molecule has 0 fully saturated rings. The summed E-state index contributed by atoms with van der Waals surface area (Å²) in [6, 6.07) is 2.96. The summed E-state index contributed by atoms with van der Waals surface area (Å²) >= 11 is 0. The van der Waals surface area contributed by atoms with Crippen LogP contribution in [0.1, 0.15) is 26.7 Å². The third kappa shape index (κ3) is 6.41. The lowest BCUT2D eigenvalue weighted by Gasteiger charge is -2.17. The number of nitrogens with zero attached hydrogens (tertiary/aromatic N) is 2. The van der Waals surface area contributed by atoms with Crippen LogP contribution in [0.15, 0.2) is 23.2 Å². The summed E-state index contributed by atoms with van der Waals surface area (Å²) in [7, 11) is 0.433. The maximum Gasteiger partial charge on any atom is 0.240 e. The molecular weight excluding hydrogens is 288 g/mol. The molecule has 0 spiro atoms. The van der Waals surface area contributed by atoms with E-state index in [0.29, 0.717) is 5.82 Å². The van der Waals surface area contributed by atoms with Crippen molar-refractivity contribution in [2.24, 2.45) is 0 Å². The monoisotopic (exact) mass is 314 g/mol. The quantitative estimate of drug-likeness (QED) is 0.723. The lowest BCUT2D eigenvalue weighted by molar-refractivity contribution is 0.379. The van der Waals surface area contributed by atoms with E-state index in [0.717, 1.165) is 25.9 Å². The summed E-state index contributed by atoms with van der Waals surface area (Å²) in [5.41, 5.74) is 0. The maximum atomic E-state index is 12.3. The van der Waals surface area contributed by atoms with E-state index in [-0.39, 0.29) is 10.9 Å². The van der Waals surface area contributed by atoms with Crippen LogP contribution in [-0.4, -0.2) is 51.5 Å². The van der Waals surface area contributed by atoms with Gasteiger partial charge in [-0.15, -0.1) is 0 Å². The fourth-order valence-electron chi connectivity index (χ4n) is 1.77. The second-order valence-corrected chi connectivity index (χ2v) is 7.13. The first-order valence-corrected chi connectivity index (χ1v) is 8.70. The average Bonchev–Trinajstić information content (AvgIpc) is 2.43.